The summed E-state index contributed by atoms with van der Waals surface area (Å²) in [6.45, 7) is 6.98. The van der Waals surface area contributed by atoms with Crippen LogP contribution in [-0.2, 0) is 6.42 Å². The molecule has 2 aromatic rings. The second-order valence-electron chi connectivity index (χ2n) is 5.14. The number of halogens is 1. The maximum atomic E-state index is 13.2. The highest BCUT2D eigenvalue weighted by Gasteiger charge is 2.14. The molecule has 0 aliphatic rings. The van der Waals surface area contributed by atoms with Crippen molar-refractivity contribution < 1.29 is 4.39 Å². The zero-order valence-electron chi connectivity index (χ0n) is 12.3. The third-order valence-corrected chi connectivity index (χ3v) is 3.47. The topological polar surface area (TPSA) is 24.9 Å². The van der Waals surface area contributed by atoms with Crippen LogP contribution in [0.2, 0.25) is 0 Å². The molecule has 0 aliphatic carbocycles. The fourth-order valence-electron chi connectivity index (χ4n) is 2.39. The number of nitrogens with zero attached hydrogens (tertiary/aromatic N) is 1. The number of rotatable bonds is 5. The van der Waals surface area contributed by atoms with Crippen LogP contribution in [0.15, 0.2) is 36.5 Å². The molecule has 2 nitrogen and oxygen atoms in total. The molecular weight excluding hydrogens is 251 g/mol. The van der Waals surface area contributed by atoms with Crippen molar-refractivity contribution in [3.63, 3.8) is 0 Å². The number of nitrogens with one attached hydrogen (secondary N) is 1. The maximum Gasteiger partial charge on any atom is 0.123 e. The van der Waals surface area contributed by atoms with Crippen molar-refractivity contribution in [1.82, 2.24) is 10.3 Å². The van der Waals surface area contributed by atoms with Crippen LogP contribution in [0.25, 0.3) is 0 Å². The standard InChI is InChI=1S/C17H21FN2/c1-4-19-17(16-9-12(2)7-8-20-16)11-14-5-6-15(18)10-13(14)3/h5-10,17,19H,4,11H2,1-3H3. The minimum atomic E-state index is -0.181. The predicted octanol–water partition coefficient (Wildman–Crippen LogP) is 3.73. The molecule has 1 unspecified atom stereocenters. The lowest BCUT2D eigenvalue weighted by Crippen LogP contribution is -2.24. The van der Waals surface area contributed by atoms with Gasteiger partial charge in [-0.05, 0) is 67.8 Å². The summed E-state index contributed by atoms with van der Waals surface area (Å²) in [6.07, 6.45) is 2.66. The van der Waals surface area contributed by atoms with E-state index in [-0.39, 0.29) is 11.9 Å². The van der Waals surface area contributed by atoms with Crippen LogP contribution < -0.4 is 5.32 Å². The van der Waals surface area contributed by atoms with Crippen LogP contribution in [0.3, 0.4) is 0 Å². The number of aromatic nitrogens is 1. The molecule has 0 radical (unpaired) electrons. The van der Waals surface area contributed by atoms with Gasteiger partial charge >= 0.3 is 0 Å². The van der Waals surface area contributed by atoms with Crippen molar-refractivity contribution in [3.05, 3.63) is 64.7 Å². The average molecular weight is 272 g/mol. The molecule has 0 aliphatic heterocycles. The maximum absolute atomic E-state index is 13.2. The summed E-state index contributed by atoms with van der Waals surface area (Å²) in [5, 5.41) is 3.46. The van der Waals surface area contributed by atoms with Gasteiger partial charge in [-0.3, -0.25) is 4.98 Å². The Kier molecular flexibility index (Phi) is 4.85. The normalized spacial score (nSPS) is 12.4. The largest absolute Gasteiger partial charge is 0.309 e. The summed E-state index contributed by atoms with van der Waals surface area (Å²) in [5.74, 6) is -0.181. The molecule has 1 atom stereocenters. The minimum Gasteiger partial charge on any atom is -0.309 e. The molecule has 3 heteroatoms. The number of hydrogen-bond acceptors (Lipinski definition) is 2. The summed E-state index contributed by atoms with van der Waals surface area (Å²) in [7, 11) is 0. The van der Waals surface area contributed by atoms with E-state index < -0.39 is 0 Å². The van der Waals surface area contributed by atoms with Gasteiger partial charge in [0.25, 0.3) is 0 Å². The van der Waals surface area contributed by atoms with Gasteiger partial charge in [-0.1, -0.05) is 13.0 Å². The van der Waals surface area contributed by atoms with Crippen LogP contribution >= 0.6 is 0 Å². The summed E-state index contributed by atoms with van der Waals surface area (Å²) in [5.41, 5.74) is 4.38. The Bertz CT molecular complexity index is 581. The van der Waals surface area contributed by atoms with Crippen molar-refractivity contribution >= 4 is 0 Å². The van der Waals surface area contributed by atoms with Crippen molar-refractivity contribution in [3.8, 4) is 0 Å². The third-order valence-electron chi connectivity index (χ3n) is 3.47. The summed E-state index contributed by atoms with van der Waals surface area (Å²) in [4.78, 5) is 4.47. The highest BCUT2D eigenvalue weighted by Crippen LogP contribution is 2.20. The van der Waals surface area contributed by atoms with E-state index in [2.05, 4.69) is 30.2 Å². The third kappa shape index (κ3) is 3.64. The van der Waals surface area contributed by atoms with E-state index in [0.29, 0.717) is 0 Å². The molecule has 1 N–H and O–H groups in total. The van der Waals surface area contributed by atoms with Crippen molar-refractivity contribution in [2.45, 2.75) is 33.2 Å². The molecule has 0 spiro atoms. The first-order valence-corrected chi connectivity index (χ1v) is 7.01. The fourth-order valence-corrected chi connectivity index (χ4v) is 2.39. The van der Waals surface area contributed by atoms with E-state index in [0.717, 1.165) is 29.8 Å². The van der Waals surface area contributed by atoms with E-state index in [4.69, 9.17) is 0 Å². The molecular formula is C17H21FN2. The summed E-state index contributed by atoms with van der Waals surface area (Å²) >= 11 is 0. The first kappa shape index (κ1) is 14.7. The molecule has 0 amide bonds. The zero-order chi connectivity index (χ0) is 14.5. The van der Waals surface area contributed by atoms with Crippen LogP contribution in [0.4, 0.5) is 4.39 Å². The number of aryl methyl sites for hydroxylation is 2. The zero-order valence-corrected chi connectivity index (χ0v) is 12.3. The van der Waals surface area contributed by atoms with Gasteiger partial charge in [-0.25, -0.2) is 4.39 Å². The molecule has 2 rings (SSSR count). The molecule has 1 heterocycles. The van der Waals surface area contributed by atoms with E-state index >= 15 is 0 Å². The lowest BCUT2D eigenvalue weighted by molar-refractivity contribution is 0.534. The quantitative estimate of drug-likeness (QED) is 0.897. The van der Waals surface area contributed by atoms with Crippen LogP contribution in [0, 0.1) is 19.7 Å². The number of pyridine rings is 1. The first-order chi connectivity index (χ1) is 9.60. The lowest BCUT2D eigenvalue weighted by atomic mass is 9.98. The van der Waals surface area contributed by atoms with Gasteiger partial charge in [-0.2, -0.15) is 0 Å². The van der Waals surface area contributed by atoms with Crippen LogP contribution in [0.1, 0.15) is 35.3 Å². The highest BCUT2D eigenvalue weighted by molar-refractivity contribution is 5.29. The number of benzene rings is 1. The fraction of sp³-hybridized carbons (Fsp3) is 0.353. The van der Waals surface area contributed by atoms with Gasteiger partial charge in [0.1, 0.15) is 5.82 Å². The Morgan fingerprint density at radius 2 is 2.00 bits per heavy atom. The Morgan fingerprint density at radius 1 is 1.20 bits per heavy atom. The number of hydrogen-bond donors (Lipinski definition) is 1. The van der Waals surface area contributed by atoms with E-state index in [1.807, 2.05) is 25.3 Å². The molecule has 1 aromatic carbocycles. The lowest BCUT2D eigenvalue weighted by Gasteiger charge is -2.19. The Morgan fingerprint density at radius 3 is 2.65 bits per heavy atom. The van der Waals surface area contributed by atoms with Gasteiger partial charge in [0.15, 0.2) is 0 Å². The molecule has 0 fully saturated rings. The molecule has 106 valence electrons. The molecule has 0 saturated heterocycles. The van der Waals surface area contributed by atoms with Crippen molar-refractivity contribution in [2.24, 2.45) is 0 Å². The number of likely N-dealkylation sites (N-methyl/N-ethyl adjacent to an activating group) is 1. The Hall–Kier alpha value is -1.74. The second-order valence-corrected chi connectivity index (χ2v) is 5.14. The molecule has 1 aromatic heterocycles. The molecule has 20 heavy (non-hydrogen) atoms. The Balaban J connectivity index is 2.25. The second kappa shape index (κ2) is 6.62. The summed E-state index contributed by atoms with van der Waals surface area (Å²) < 4.78 is 13.2. The van der Waals surface area contributed by atoms with Gasteiger partial charge < -0.3 is 5.32 Å². The minimum absolute atomic E-state index is 0.157. The van der Waals surface area contributed by atoms with Gasteiger partial charge in [0.05, 0.1) is 11.7 Å². The van der Waals surface area contributed by atoms with E-state index in [1.54, 1.807) is 6.07 Å². The molecule has 0 bridgehead atoms. The summed E-state index contributed by atoms with van der Waals surface area (Å²) in [6, 6.07) is 9.23. The smallest absolute Gasteiger partial charge is 0.123 e. The Labute approximate surface area is 120 Å². The van der Waals surface area contributed by atoms with E-state index in [1.165, 1.54) is 11.6 Å². The SMILES string of the molecule is CCNC(Cc1ccc(F)cc1C)c1cc(C)ccn1. The highest BCUT2D eigenvalue weighted by atomic mass is 19.1. The van der Waals surface area contributed by atoms with Gasteiger partial charge in [0, 0.05) is 6.20 Å². The van der Waals surface area contributed by atoms with Crippen molar-refractivity contribution in [2.75, 3.05) is 6.54 Å². The van der Waals surface area contributed by atoms with E-state index in [9.17, 15) is 4.39 Å². The monoisotopic (exact) mass is 272 g/mol. The predicted molar refractivity (Wildman–Crippen MR) is 80.2 cm³/mol. The van der Waals surface area contributed by atoms with Crippen LogP contribution in [0.5, 0.6) is 0 Å². The average Bonchev–Trinajstić information content (AvgIpc) is 2.41. The van der Waals surface area contributed by atoms with Gasteiger partial charge in [-0.15, -0.1) is 0 Å². The molecule has 0 saturated carbocycles. The van der Waals surface area contributed by atoms with Crippen LogP contribution in [-0.4, -0.2) is 11.5 Å². The van der Waals surface area contributed by atoms with Gasteiger partial charge in [0.2, 0.25) is 0 Å². The van der Waals surface area contributed by atoms with Crippen molar-refractivity contribution in [1.29, 1.82) is 0 Å². The first-order valence-electron chi connectivity index (χ1n) is 7.01.